The lowest BCUT2D eigenvalue weighted by Gasteiger charge is -2.15. The molecule has 0 aliphatic heterocycles. The van der Waals surface area contributed by atoms with E-state index in [-0.39, 0.29) is 0 Å². The Morgan fingerprint density at radius 1 is 1.33 bits per heavy atom. The number of thioether (sulfide) groups is 1. The Balaban J connectivity index is 3.24. The highest BCUT2D eigenvalue weighted by atomic mass is 79.9. The summed E-state index contributed by atoms with van der Waals surface area (Å²) in [5.41, 5.74) is 0. The summed E-state index contributed by atoms with van der Waals surface area (Å²) in [6.07, 6.45) is 4.00. The SMILES string of the molecule is CCSCCCC(C)C(Br)CC. The zero-order chi connectivity index (χ0) is 9.40. The number of alkyl halides is 1. The Morgan fingerprint density at radius 2 is 2.00 bits per heavy atom. The van der Waals surface area contributed by atoms with Crippen LogP contribution in [-0.4, -0.2) is 16.3 Å². The summed E-state index contributed by atoms with van der Waals surface area (Å²) in [6, 6.07) is 0. The molecule has 0 aliphatic carbocycles. The number of hydrogen-bond donors (Lipinski definition) is 0. The first-order valence-corrected chi connectivity index (χ1v) is 7.01. The summed E-state index contributed by atoms with van der Waals surface area (Å²) in [5, 5.41) is 0. The quantitative estimate of drug-likeness (QED) is 0.480. The Labute approximate surface area is 90.0 Å². The van der Waals surface area contributed by atoms with Crippen LogP contribution in [0.4, 0.5) is 0 Å². The van der Waals surface area contributed by atoms with Gasteiger partial charge in [0, 0.05) is 4.83 Å². The van der Waals surface area contributed by atoms with Gasteiger partial charge in [-0.1, -0.05) is 36.7 Å². The van der Waals surface area contributed by atoms with Gasteiger partial charge >= 0.3 is 0 Å². The monoisotopic (exact) mass is 252 g/mol. The maximum atomic E-state index is 3.70. The van der Waals surface area contributed by atoms with Gasteiger partial charge in [-0.25, -0.2) is 0 Å². The Kier molecular flexibility index (Phi) is 9.01. The van der Waals surface area contributed by atoms with E-state index in [0.29, 0.717) is 0 Å². The van der Waals surface area contributed by atoms with E-state index in [4.69, 9.17) is 0 Å². The summed E-state index contributed by atoms with van der Waals surface area (Å²) in [6.45, 7) is 6.82. The van der Waals surface area contributed by atoms with Crippen LogP contribution in [0.15, 0.2) is 0 Å². The van der Waals surface area contributed by atoms with Gasteiger partial charge in [0.2, 0.25) is 0 Å². The van der Waals surface area contributed by atoms with Crippen LogP contribution in [0.5, 0.6) is 0 Å². The van der Waals surface area contributed by atoms with E-state index in [2.05, 4.69) is 48.5 Å². The molecule has 0 rings (SSSR count). The first-order valence-electron chi connectivity index (χ1n) is 4.94. The van der Waals surface area contributed by atoms with Crippen LogP contribution in [0.3, 0.4) is 0 Å². The van der Waals surface area contributed by atoms with Crippen LogP contribution in [0.25, 0.3) is 0 Å². The number of hydrogen-bond acceptors (Lipinski definition) is 1. The lowest BCUT2D eigenvalue weighted by atomic mass is 10.0. The molecule has 74 valence electrons. The molecule has 12 heavy (non-hydrogen) atoms. The molecule has 0 saturated heterocycles. The summed E-state index contributed by atoms with van der Waals surface area (Å²) in [5.74, 6) is 3.44. The Bertz CT molecular complexity index is 95.8. The summed E-state index contributed by atoms with van der Waals surface area (Å²) in [4.78, 5) is 0.726. The first-order chi connectivity index (χ1) is 5.72. The van der Waals surface area contributed by atoms with E-state index >= 15 is 0 Å². The van der Waals surface area contributed by atoms with Crippen molar-refractivity contribution in [2.24, 2.45) is 5.92 Å². The highest BCUT2D eigenvalue weighted by molar-refractivity contribution is 9.09. The normalized spacial score (nSPS) is 16.0. The van der Waals surface area contributed by atoms with Gasteiger partial charge in [-0.3, -0.25) is 0 Å². The molecule has 0 heterocycles. The minimum atomic E-state index is 0.726. The summed E-state index contributed by atoms with van der Waals surface area (Å²) in [7, 11) is 0. The van der Waals surface area contributed by atoms with Crippen molar-refractivity contribution in [3.05, 3.63) is 0 Å². The fraction of sp³-hybridized carbons (Fsp3) is 1.00. The van der Waals surface area contributed by atoms with Crippen molar-refractivity contribution < 1.29 is 0 Å². The zero-order valence-electron chi connectivity index (χ0n) is 8.48. The smallest absolute Gasteiger partial charge is 0.0168 e. The Morgan fingerprint density at radius 3 is 2.50 bits per heavy atom. The predicted molar refractivity (Wildman–Crippen MR) is 64.4 cm³/mol. The van der Waals surface area contributed by atoms with Crippen molar-refractivity contribution >= 4 is 27.7 Å². The largest absolute Gasteiger partial charge is 0.162 e. The van der Waals surface area contributed by atoms with E-state index < -0.39 is 0 Å². The second-order valence-electron chi connectivity index (χ2n) is 3.24. The van der Waals surface area contributed by atoms with Gasteiger partial charge in [-0.15, -0.1) is 0 Å². The van der Waals surface area contributed by atoms with Crippen LogP contribution in [0.1, 0.15) is 40.0 Å². The van der Waals surface area contributed by atoms with Gasteiger partial charge in [0.25, 0.3) is 0 Å². The summed E-state index contributed by atoms with van der Waals surface area (Å²) < 4.78 is 0. The number of rotatable bonds is 7. The minimum absolute atomic E-state index is 0.726. The Hall–Kier alpha value is 0.830. The van der Waals surface area contributed by atoms with Gasteiger partial charge in [-0.05, 0) is 36.7 Å². The highest BCUT2D eigenvalue weighted by Gasteiger charge is 2.10. The van der Waals surface area contributed by atoms with E-state index in [0.717, 1.165) is 10.7 Å². The molecule has 0 N–H and O–H groups in total. The molecule has 0 spiro atoms. The second-order valence-corrected chi connectivity index (χ2v) is 5.81. The third kappa shape index (κ3) is 6.36. The molecule has 0 aliphatic rings. The molecule has 0 aromatic carbocycles. The van der Waals surface area contributed by atoms with Crippen molar-refractivity contribution in [2.75, 3.05) is 11.5 Å². The van der Waals surface area contributed by atoms with Crippen LogP contribution in [-0.2, 0) is 0 Å². The minimum Gasteiger partial charge on any atom is -0.162 e. The average molecular weight is 253 g/mol. The first kappa shape index (κ1) is 12.8. The maximum Gasteiger partial charge on any atom is 0.0168 e. The fourth-order valence-corrected chi connectivity index (χ4v) is 2.16. The molecule has 0 nitrogen and oxygen atoms in total. The molecule has 2 atom stereocenters. The van der Waals surface area contributed by atoms with Gasteiger partial charge in [0.05, 0.1) is 0 Å². The maximum absolute atomic E-state index is 3.70. The number of halogens is 1. The fourth-order valence-electron chi connectivity index (χ4n) is 1.23. The molecule has 0 fully saturated rings. The third-order valence-electron chi connectivity index (χ3n) is 2.16. The van der Waals surface area contributed by atoms with Gasteiger partial charge in [0.1, 0.15) is 0 Å². The van der Waals surface area contributed by atoms with Gasteiger partial charge < -0.3 is 0 Å². The van der Waals surface area contributed by atoms with Crippen LogP contribution >= 0.6 is 27.7 Å². The van der Waals surface area contributed by atoms with Crippen molar-refractivity contribution in [1.82, 2.24) is 0 Å². The molecule has 0 bridgehead atoms. The van der Waals surface area contributed by atoms with Gasteiger partial charge in [0.15, 0.2) is 0 Å². The van der Waals surface area contributed by atoms with Gasteiger partial charge in [-0.2, -0.15) is 11.8 Å². The summed E-state index contributed by atoms with van der Waals surface area (Å²) >= 11 is 5.76. The predicted octanol–water partition coefficient (Wildman–Crippen LogP) is 4.33. The topological polar surface area (TPSA) is 0 Å². The average Bonchev–Trinajstić information content (AvgIpc) is 2.10. The van der Waals surface area contributed by atoms with Crippen molar-refractivity contribution in [1.29, 1.82) is 0 Å². The van der Waals surface area contributed by atoms with Crippen molar-refractivity contribution in [3.8, 4) is 0 Å². The third-order valence-corrected chi connectivity index (χ3v) is 4.70. The molecular formula is C10H21BrS. The van der Waals surface area contributed by atoms with Crippen LogP contribution in [0, 0.1) is 5.92 Å². The van der Waals surface area contributed by atoms with E-state index in [9.17, 15) is 0 Å². The molecule has 2 heteroatoms. The van der Waals surface area contributed by atoms with Crippen LogP contribution < -0.4 is 0 Å². The van der Waals surface area contributed by atoms with E-state index in [1.165, 1.54) is 30.8 Å². The lowest BCUT2D eigenvalue weighted by molar-refractivity contribution is 0.501. The molecule has 0 radical (unpaired) electrons. The van der Waals surface area contributed by atoms with Crippen LogP contribution in [0.2, 0.25) is 0 Å². The zero-order valence-corrected chi connectivity index (χ0v) is 10.9. The van der Waals surface area contributed by atoms with Crippen molar-refractivity contribution in [3.63, 3.8) is 0 Å². The standard InChI is InChI=1S/C10H21BrS/c1-4-10(11)9(3)7-6-8-12-5-2/h9-10H,4-8H2,1-3H3. The van der Waals surface area contributed by atoms with E-state index in [1.54, 1.807) is 0 Å². The molecule has 0 aromatic heterocycles. The molecule has 0 amide bonds. The molecular weight excluding hydrogens is 232 g/mol. The lowest BCUT2D eigenvalue weighted by Crippen LogP contribution is -2.09. The molecule has 0 saturated carbocycles. The molecule has 2 unspecified atom stereocenters. The highest BCUT2D eigenvalue weighted by Crippen LogP contribution is 2.21. The second kappa shape index (κ2) is 8.43. The van der Waals surface area contributed by atoms with Crippen molar-refractivity contribution in [2.45, 2.75) is 44.9 Å². The van der Waals surface area contributed by atoms with E-state index in [1.807, 2.05) is 0 Å². The molecule has 0 aromatic rings.